The first kappa shape index (κ1) is 13.5. The van der Waals surface area contributed by atoms with Crippen LogP contribution < -0.4 is 5.73 Å². The predicted molar refractivity (Wildman–Crippen MR) is 72.3 cm³/mol. The van der Waals surface area contributed by atoms with E-state index in [-0.39, 0.29) is 5.54 Å². The highest BCUT2D eigenvalue weighted by molar-refractivity contribution is 5.20. The summed E-state index contributed by atoms with van der Waals surface area (Å²) in [5.74, 6) is 0.592. The first-order valence-electron chi connectivity index (χ1n) is 6.58. The molecule has 0 atom stereocenters. The fraction of sp³-hybridized carbons (Fsp3) is 0.733. The molecule has 1 nitrogen and oxygen atoms in total. The molecule has 0 aliphatic heterocycles. The summed E-state index contributed by atoms with van der Waals surface area (Å²) in [7, 11) is 0. The van der Waals surface area contributed by atoms with Gasteiger partial charge < -0.3 is 5.73 Å². The van der Waals surface area contributed by atoms with Gasteiger partial charge in [-0.2, -0.15) is 0 Å². The molecule has 0 heterocycles. The highest BCUT2D eigenvalue weighted by atomic mass is 14.7. The van der Waals surface area contributed by atoms with E-state index < -0.39 is 0 Å². The summed E-state index contributed by atoms with van der Waals surface area (Å²) in [4.78, 5) is 0. The van der Waals surface area contributed by atoms with Gasteiger partial charge in [0.05, 0.1) is 0 Å². The van der Waals surface area contributed by atoms with Crippen LogP contribution in [0.15, 0.2) is 24.3 Å². The highest BCUT2D eigenvalue weighted by Crippen LogP contribution is 2.35. The SMILES string of the molecule is CCC1(CC)C=CC(CCC(C)(C)N)C=C1. The summed E-state index contributed by atoms with van der Waals surface area (Å²) in [5.41, 5.74) is 6.30. The molecule has 0 radical (unpaired) electrons. The van der Waals surface area contributed by atoms with E-state index in [4.69, 9.17) is 5.73 Å². The van der Waals surface area contributed by atoms with Gasteiger partial charge in [0.15, 0.2) is 0 Å². The smallest absolute Gasteiger partial charge is 0.00973 e. The molecule has 2 N–H and O–H groups in total. The lowest BCUT2D eigenvalue weighted by atomic mass is 9.76. The molecule has 16 heavy (non-hydrogen) atoms. The van der Waals surface area contributed by atoms with Gasteiger partial charge in [-0.05, 0) is 45.4 Å². The van der Waals surface area contributed by atoms with E-state index in [1.807, 2.05) is 0 Å². The zero-order valence-corrected chi connectivity index (χ0v) is 11.3. The Kier molecular flexibility index (Phi) is 4.37. The Morgan fingerprint density at radius 1 is 1.12 bits per heavy atom. The second-order valence-electron chi connectivity index (χ2n) is 5.85. The molecule has 1 heteroatoms. The minimum Gasteiger partial charge on any atom is -0.326 e. The Hall–Kier alpha value is -0.560. The molecule has 0 aromatic carbocycles. The highest BCUT2D eigenvalue weighted by Gasteiger charge is 2.23. The summed E-state index contributed by atoms with van der Waals surface area (Å²) < 4.78 is 0. The van der Waals surface area contributed by atoms with E-state index >= 15 is 0 Å². The molecule has 1 rings (SSSR count). The Bertz CT molecular complexity index is 248. The Morgan fingerprint density at radius 2 is 1.62 bits per heavy atom. The van der Waals surface area contributed by atoms with E-state index in [1.165, 1.54) is 19.3 Å². The number of hydrogen-bond acceptors (Lipinski definition) is 1. The number of rotatable bonds is 5. The quantitative estimate of drug-likeness (QED) is 0.696. The largest absolute Gasteiger partial charge is 0.326 e. The number of nitrogens with two attached hydrogens (primary N) is 1. The van der Waals surface area contributed by atoms with Crippen LogP contribution in [0.3, 0.4) is 0 Å². The number of hydrogen-bond donors (Lipinski definition) is 1. The van der Waals surface area contributed by atoms with Crippen LogP contribution in [0.4, 0.5) is 0 Å². The lowest BCUT2D eigenvalue weighted by Gasteiger charge is -2.29. The molecule has 0 amide bonds. The van der Waals surface area contributed by atoms with Crippen LogP contribution in [0.5, 0.6) is 0 Å². The van der Waals surface area contributed by atoms with Crippen molar-refractivity contribution in [2.45, 2.75) is 58.9 Å². The molecular weight excluding hydrogens is 194 g/mol. The summed E-state index contributed by atoms with van der Waals surface area (Å²) >= 11 is 0. The fourth-order valence-corrected chi connectivity index (χ4v) is 2.20. The van der Waals surface area contributed by atoms with Crippen molar-refractivity contribution in [3.8, 4) is 0 Å². The summed E-state index contributed by atoms with van der Waals surface area (Å²) in [6, 6.07) is 0. The van der Waals surface area contributed by atoms with Crippen LogP contribution in [0.2, 0.25) is 0 Å². The lowest BCUT2D eigenvalue weighted by molar-refractivity contribution is 0.417. The van der Waals surface area contributed by atoms with Gasteiger partial charge >= 0.3 is 0 Å². The summed E-state index contributed by atoms with van der Waals surface area (Å²) in [6.45, 7) is 8.74. The van der Waals surface area contributed by atoms with Crippen LogP contribution in [-0.2, 0) is 0 Å². The Labute approximate surface area is 101 Å². The van der Waals surface area contributed by atoms with Crippen LogP contribution in [-0.4, -0.2) is 5.54 Å². The summed E-state index contributed by atoms with van der Waals surface area (Å²) in [6.07, 6.45) is 14.2. The van der Waals surface area contributed by atoms with Crippen molar-refractivity contribution in [3.63, 3.8) is 0 Å². The lowest BCUT2D eigenvalue weighted by Crippen LogP contribution is -2.32. The van der Waals surface area contributed by atoms with E-state index in [2.05, 4.69) is 52.0 Å². The minimum absolute atomic E-state index is 0.0360. The van der Waals surface area contributed by atoms with Gasteiger partial charge in [-0.25, -0.2) is 0 Å². The second-order valence-corrected chi connectivity index (χ2v) is 5.85. The van der Waals surface area contributed by atoms with Crippen molar-refractivity contribution in [1.82, 2.24) is 0 Å². The van der Waals surface area contributed by atoms with Crippen molar-refractivity contribution in [2.24, 2.45) is 17.1 Å². The number of allylic oxidation sites excluding steroid dienone is 4. The van der Waals surface area contributed by atoms with Gasteiger partial charge in [-0.3, -0.25) is 0 Å². The molecule has 0 aromatic heterocycles. The van der Waals surface area contributed by atoms with Crippen molar-refractivity contribution >= 4 is 0 Å². The standard InChI is InChI=1S/C15H27N/c1-5-15(6-2)11-8-13(9-12-15)7-10-14(3,4)16/h8-9,11-13H,5-7,10,16H2,1-4H3. The molecule has 1 aliphatic rings. The van der Waals surface area contributed by atoms with Crippen LogP contribution in [0, 0.1) is 11.3 Å². The molecule has 0 spiro atoms. The van der Waals surface area contributed by atoms with E-state index in [0.717, 1.165) is 6.42 Å². The first-order valence-corrected chi connectivity index (χ1v) is 6.58. The Morgan fingerprint density at radius 3 is 2.00 bits per heavy atom. The molecule has 92 valence electrons. The van der Waals surface area contributed by atoms with Crippen LogP contribution in [0.1, 0.15) is 53.4 Å². The van der Waals surface area contributed by atoms with Crippen molar-refractivity contribution in [3.05, 3.63) is 24.3 Å². The Balaban J connectivity index is 2.50. The van der Waals surface area contributed by atoms with Gasteiger partial charge in [0.2, 0.25) is 0 Å². The van der Waals surface area contributed by atoms with Gasteiger partial charge in [-0.1, -0.05) is 38.2 Å². The van der Waals surface area contributed by atoms with E-state index in [0.29, 0.717) is 11.3 Å². The maximum atomic E-state index is 6.01. The zero-order valence-electron chi connectivity index (χ0n) is 11.3. The molecule has 0 fully saturated rings. The molecule has 0 aromatic rings. The van der Waals surface area contributed by atoms with Crippen molar-refractivity contribution < 1.29 is 0 Å². The fourth-order valence-electron chi connectivity index (χ4n) is 2.20. The maximum absolute atomic E-state index is 6.01. The van der Waals surface area contributed by atoms with Crippen molar-refractivity contribution in [2.75, 3.05) is 0 Å². The average Bonchev–Trinajstić information content (AvgIpc) is 2.26. The third-order valence-electron chi connectivity index (χ3n) is 3.79. The summed E-state index contributed by atoms with van der Waals surface area (Å²) in [5, 5.41) is 0. The van der Waals surface area contributed by atoms with E-state index in [1.54, 1.807) is 0 Å². The third kappa shape index (κ3) is 3.79. The maximum Gasteiger partial charge on any atom is 0.00973 e. The third-order valence-corrected chi connectivity index (χ3v) is 3.79. The van der Waals surface area contributed by atoms with Gasteiger partial charge in [0.1, 0.15) is 0 Å². The second kappa shape index (κ2) is 5.18. The molecular formula is C15H27N. The van der Waals surface area contributed by atoms with Gasteiger partial charge in [0, 0.05) is 11.0 Å². The molecule has 0 saturated carbocycles. The van der Waals surface area contributed by atoms with E-state index in [9.17, 15) is 0 Å². The van der Waals surface area contributed by atoms with Gasteiger partial charge in [-0.15, -0.1) is 0 Å². The monoisotopic (exact) mass is 221 g/mol. The predicted octanol–water partition coefficient (Wildman–Crippen LogP) is 4.05. The topological polar surface area (TPSA) is 26.0 Å². The first-order chi connectivity index (χ1) is 7.41. The molecule has 0 bridgehead atoms. The molecule has 0 saturated heterocycles. The van der Waals surface area contributed by atoms with Gasteiger partial charge in [0.25, 0.3) is 0 Å². The average molecular weight is 221 g/mol. The van der Waals surface area contributed by atoms with Crippen LogP contribution in [0.25, 0.3) is 0 Å². The molecule has 0 unspecified atom stereocenters. The molecule has 1 aliphatic carbocycles. The minimum atomic E-state index is -0.0360. The zero-order chi connectivity index (χ0) is 12.2. The van der Waals surface area contributed by atoms with Crippen molar-refractivity contribution in [1.29, 1.82) is 0 Å². The normalized spacial score (nSPS) is 20.3. The van der Waals surface area contributed by atoms with Crippen LogP contribution >= 0.6 is 0 Å².